The Kier molecular flexibility index (Phi) is 4.37. The summed E-state index contributed by atoms with van der Waals surface area (Å²) in [5, 5.41) is 11.3. The number of hydrogen-bond donors (Lipinski definition) is 1. The molecule has 1 aliphatic heterocycles. The quantitative estimate of drug-likeness (QED) is 0.751. The molecule has 1 aromatic carbocycles. The maximum Gasteiger partial charge on any atom is 0.328 e. The Hall–Kier alpha value is -3.55. The third kappa shape index (κ3) is 3.17. The molecule has 27 heavy (non-hydrogen) atoms. The molecule has 0 radical (unpaired) electrons. The van der Waals surface area contributed by atoms with E-state index in [2.05, 4.69) is 15.0 Å². The van der Waals surface area contributed by atoms with Gasteiger partial charge in [0.05, 0.1) is 6.54 Å². The van der Waals surface area contributed by atoms with E-state index in [1.165, 1.54) is 4.90 Å². The Bertz CT molecular complexity index is 990. The maximum absolute atomic E-state index is 13.1. The minimum absolute atomic E-state index is 0.121. The summed E-state index contributed by atoms with van der Waals surface area (Å²) in [5.74, 6) is -0.990. The van der Waals surface area contributed by atoms with E-state index in [-0.39, 0.29) is 24.7 Å². The molecule has 4 rings (SSSR count). The van der Waals surface area contributed by atoms with E-state index in [0.717, 1.165) is 5.39 Å². The Balaban J connectivity index is 1.64. The Morgan fingerprint density at radius 2 is 1.74 bits per heavy atom. The molecule has 8 nitrogen and oxygen atoms in total. The summed E-state index contributed by atoms with van der Waals surface area (Å²) in [5.41, 5.74) is 0.267. The Morgan fingerprint density at radius 1 is 0.963 bits per heavy atom. The van der Waals surface area contributed by atoms with E-state index in [0.29, 0.717) is 17.9 Å². The number of piperazine rings is 1. The van der Waals surface area contributed by atoms with Gasteiger partial charge < -0.3 is 14.9 Å². The van der Waals surface area contributed by atoms with Crippen LogP contribution in [0.4, 0.5) is 5.95 Å². The summed E-state index contributed by atoms with van der Waals surface area (Å²) in [7, 11) is 0. The SMILES string of the molecule is O=C(O)C1CN(c2ncccn2)CCN1C(=O)c1nccc2ccccc12. The lowest BCUT2D eigenvalue weighted by molar-refractivity contribution is -0.142. The molecule has 1 saturated heterocycles. The number of anilines is 1. The molecule has 1 atom stereocenters. The van der Waals surface area contributed by atoms with Crippen LogP contribution >= 0.6 is 0 Å². The second-order valence-electron chi connectivity index (χ2n) is 6.23. The van der Waals surface area contributed by atoms with Crippen molar-refractivity contribution in [1.82, 2.24) is 19.9 Å². The van der Waals surface area contributed by atoms with Gasteiger partial charge in [0.2, 0.25) is 5.95 Å². The smallest absolute Gasteiger partial charge is 0.328 e. The number of aliphatic carboxylic acids is 1. The van der Waals surface area contributed by atoms with E-state index in [4.69, 9.17) is 0 Å². The fraction of sp³-hybridized carbons (Fsp3) is 0.211. The molecular formula is C19H17N5O3. The van der Waals surface area contributed by atoms with Gasteiger partial charge in [0.25, 0.3) is 5.91 Å². The van der Waals surface area contributed by atoms with Gasteiger partial charge in [0.15, 0.2) is 0 Å². The van der Waals surface area contributed by atoms with Crippen LogP contribution in [0.5, 0.6) is 0 Å². The highest BCUT2D eigenvalue weighted by atomic mass is 16.4. The molecule has 2 aromatic heterocycles. The first-order chi connectivity index (χ1) is 13.1. The van der Waals surface area contributed by atoms with Crippen LogP contribution in [-0.4, -0.2) is 62.5 Å². The van der Waals surface area contributed by atoms with Crippen LogP contribution in [0, 0.1) is 0 Å². The molecule has 3 aromatic rings. The lowest BCUT2D eigenvalue weighted by Gasteiger charge is -2.39. The highest BCUT2D eigenvalue weighted by molar-refractivity contribution is 6.06. The molecule has 8 heteroatoms. The molecule has 3 heterocycles. The largest absolute Gasteiger partial charge is 0.480 e. The van der Waals surface area contributed by atoms with Crippen molar-refractivity contribution in [3.8, 4) is 0 Å². The fourth-order valence-electron chi connectivity index (χ4n) is 3.30. The zero-order valence-corrected chi connectivity index (χ0v) is 14.4. The number of nitrogens with zero attached hydrogens (tertiary/aromatic N) is 5. The lowest BCUT2D eigenvalue weighted by Crippen LogP contribution is -2.58. The van der Waals surface area contributed by atoms with Gasteiger partial charge in [-0.3, -0.25) is 9.78 Å². The van der Waals surface area contributed by atoms with Crippen LogP contribution in [0.15, 0.2) is 55.0 Å². The average molecular weight is 363 g/mol. The predicted molar refractivity (Wildman–Crippen MR) is 98.4 cm³/mol. The number of carbonyl (C=O) groups excluding carboxylic acids is 1. The van der Waals surface area contributed by atoms with Gasteiger partial charge in [-0.1, -0.05) is 24.3 Å². The normalized spacial score (nSPS) is 17.1. The molecule has 1 N–H and O–H groups in total. The first kappa shape index (κ1) is 16.9. The molecule has 0 aliphatic carbocycles. The van der Waals surface area contributed by atoms with E-state index in [1.54, 1.807) is 29.6 Å². The van der Waals surface area contributed by atoms with Gasteiger partial charge in [0, 0.05) is 37.1 Å². The Labute approximate surface area is 155 Å². The number of aromatic nitrogens is 3. The van der Waals surface area contributed by atoms with Crippen LogP contribution in [-0.2, 0) is 4.79 Å². The van der Waals surface area contributed by atoms with Crippen molar-refractivity contribution >= 4 is 28.6 Å². The van der Waals surface area contributed by atoms with Gasteiger partial charge in [-0.05, 0) is 17.5 Å². The summed E-state index contributed by atoms with van der Waals surface area (Å²) >= 11 is 0. The molecule has 136 valence electrons. The third-order valence-corrected chi connectivity index (χ3v) is 4.64. The van der Waals surface area contributed by atoms with Crippen molar-refractivity contribution in [3.05, 3.63) is 60.7 Å². The number of carboxylic acids is 1. The Morgan fingerprint density at radius 3 is 2.52 bits per heavy atom. The second kappa shape index (κ2) is 6.99. The van der Waals surface area contributed by atoms with Crippen LogP contribution < -0.4 is 4.90 Å². The molecule has 1 aliphatic rings. The summed E-state index contributed by atoms with van der Waals surface area (Å²) in [6, 6.07) is 9.95. The van der Waals surface area contributed by atoms with E-state index >= 15 is 0 Å². The second-order valence-corrected chi connectivity index (χ2v) is 6.23. The van der Waals surface area contributed by atoms with Gasteiger partial charge in [-0.15, -0.1) is 0 Å². The molecular weight excluding hydrogens is 346 g/mol. The van der Waals surface area contributed by atoms with Crippen molar-refractivity contribution in [3.63, 3.8) is 0 Å². The van der Waals surface area contributed by atoms with Crippen molar-refractivity contribution in [1.29, 1.82) is 0 Å². The van der Waals surface area contributed by atoms with Gasteiger partial charge >= 0.3 is 5.97 Å². The lowest BCUT2D eigenvalue weighted by atomic mass is 10.1. The number of hydrogen-bond acceptors (Lipinski definition) is 6. The van der Waals surface area contributed by atoms with Gasteiger partial charge in [-0.25, -0.2) is 14.8 Å². The zero-order chi connectivity index (χ0) is 18.8. The number of fused-ring (bicyclic) bond motifs is 1. The van der Waals surface area contributed by atoms with E-state index in [9.17, 15) is 14.7 Å². The number of carbonyl (C=O) groups is 2. The summed E-state index contributed by atoms with van der Waals surface area (Å²) in [6.45, 7) is 0.819. The molecule has 0 bridgehead atoms. The van der Waals surface area contributed by atoms with Crippen LogP contribution in [0.3, 0.4) is 0 Å². The van der Waals surface area contributed by atoms with Gasteiger partial charge in [-0.2, -0.15) is 0 Å². The zero-order valence-electron chi connectivity index (χ0n) is 14.4. The third-order valence-electron chi connectivity index (χ3n) is 4.64. The fourth-order valence-corrected chi connectivity index (χ4v) is 3.30. The first-order valence-electron chi connectivity index (χ1n) is 8.54. The topological polar surface area (TPSA) is 99.5 Å². The minimum atomic E-state index is -1.07. The monoisotopic (exact) mass is 363 g/mol. The van der Waals surface area contributed by atoms with Crippen molar-refractivity contribution in [2.75, 3.05) is 24.5 Å². The molecule has 0 spiro atoms. The highest BCUT2D eigenvalue weighted by Gasteiger charge is 2.37. The first-order valence-corrected chi connectivity index (χ1v) is 8.54. The molecule has 1 amide bonds. The van der Waals surface area contributed by atoms with Gasteiger partial charge in [0.1, 0.15) is 11.7 Å². The summed E-state index contributed by atoms with van der Waals surface area (Å²) in [6.07, 6.45) is 4.78. The van der Waals surface area contributed by atoms with Crippen LogP contribution in [0.2, 0.25) is 0 Å². The average Bonchev–Trinajstić information content (AvgIpc) is 2.73. The summed E-state index contributed by atoms with van der Waals surface area (Å²) < 4.78 is 0. The van der Waals surface area contributed by atoms with Crippen molar-refractivity contribution < 1.29 is 14.7 Å². The number of pyridine rings is 1. The van der Waals surface area contributed by atoms with Crippen molar-refractivity contribution in [2.24, 2.45) is 0 Å². The molecule has 1 unspecified atom stereocenters. The standard InChI is InChI=1S/C19H17N5O3/c25-17(16-14-5-2-1-4-13(14)6-9-20-16)24-11-10-23(12-15(24)18(26)27)19-21-7-3-8-22-19/h1-9,15H,10-12H2,(H,26,27). The van der Waals surface area contributed by atoms with E-state index < -0.39 is 12.0 Å². The number of benzene rings is 1. The van der Waals surface area contributed by atoms with Crippen LogP contribution in [0.1, 0.15) is 10.5 Å². The number of carboxylic acid groups (broad SMARTS) is 1. The van der Waals surface area contributed by atoms with E-state index in [1.807, 2.05) is 30.3 Å². The highest BCUT2D eigenvalue weighted by Crippen LogP contribution is 2.21. The van der Waals surface area contributed by atoms with Crippen LogP contribution in [0.25, 0.3) is 10.8 Å². The maximum atomic E-state index is 13.1. The predicted octanol–water partition coefficient (Wildman–Crippen LogP) is 1.44. The molecule has 1 fully saturated rings. The molecule has 0 saturated carbocycles. The number of amides is 1. The van der Waals surface area contributed by atoms with Crippen molar-refractivity contribution in [2.45, 2.75) is 6.04 Å². The number of rotatable bonds is 3. The summed E-state index contributed by atoms with van der Waals surface area (Å²) in [4.78, 5) is 40.7. The minimum Gasteiger partial charge on any atom is -0.480 e.